The highest BCUT2D eigenvalue weighted by molar-refractivity contribution is 5.69. The molecule has 4 nitrogen and oxygen atoms in total. The molecule has 1 rings (SSSR count). The summed E-state index contributed by atoms with van der Waals surface area (Å²) < 4.78 is 9.58. The van der Waals surface area contributed by atoms with E-state index < -0.39 is 0 Å². The second-order valence-electron chi connectivity index (χ2n) is 3.33. The Kier molecular flexibility index (Phi) is 4.90. The van der Waals surface area contributed by atoms with Crippen LogP contribution in [-0.4, -0.2) is 31.1 Å². The highest BCUT2D eigenvalue weighted by Gasteiger charge is 2.07. The molecule has 0 unspecified atom stereocenters. The molecule has 0 saturated heterocycles. The summed E-state index contributed by atoms with van der Waals surface area (Å²) in [5.74, 6) is -0.166. The minimum Gasteiger partial charge on any atom is -0.472 e. The third kappa shape index (κ3) is 4.16. The van der Waals surface area contributed by atoms with Gasteiger partial charge in [0, 0.05) is 18.7 Å². The van der Waals surface area contributed by atoms with Crippen LogP contribution in [0, 0.1) is 0 Å². The number of hydrogen-bond acceptors (Lipinski definition) is 4. The molecular weight excluding hydrogens is 194 g/mol. The molecule has 0 spiro atoms. The Labute approximate surface area is 89.8 Å². The smallest absolute Gasteiger partial charge is 0.306 e. The van der Waals surface area contributed by atoms with Gasteiger partial charge in [-0.1, -0.05) is 6.92 Å². The van der Waals surface area contributed by atoms with E-state index in [-0.39, 0.29) is 5.97 Å². The van der Waals surface area contributed by atoms with E-state index in [1.54, 1.807) is 12.5 Å². The van der Waals surface area contributed by atoms with Gasteiger partial charge in [-0.3, -0.25) is 9.69 Å². The molecule has 15 heavy (non-hydrogen) atoms. The lowest BCUT2D eigenvalue weighted by Gasteiger charge is -2.18. The highest BCUT2D eigenvalue weighted by atomic mass is 16.5. The first-order chi connectivity index (χ1) is 7.26. The minimum absolute atomic E-state index is 0.166. The molecule has 0 N–H and O–H groups in total. The molecule has 0 atom stereocenters. The third-order valence-corrected chi connectivity index (χ3v) is 2.29. The van der Waals surface area contributed by atoms with Crippen molar-refractivity contribution >= 4 is 5.97 Å². The lowest BCUT2D eigenvalue weighted by Crippen LogP contribution is -2.25. The molecule has 0 aliphatic heterocycles. The lowest BCUT2D eigenvalue weighted by atomic mass is 10.3. The summed E-state index contributed by atoms with van der Waals surface area (Å²) in [6.45, 7) is 4.50. The number of nitrogens with zero attached hydrogens (tertiary/aromatic N) is 1. The summed E-state index contributed by atoms with van der Waals surface area (Å²) in [6, 6.07) is 1.93. The molecule has 0 bridgehead atoms. The first kappa shape index (κ1) is 11.8. The Balaban J connectivity index is 2.33. The Morgan fingerprint density at radius 1 is 1.60 bits per heavy atom. The van der Waals surface area contributed by atoms with Gasteiger partial charge in [-0.25, -0.2) is 0 Å². The quantitative estimate of drug-likeness (QED) is 0.671. The maximum Gasteiger partial charge on any atom is 0.306 e. The van der Waals surface area contributed by atoms with E-state index in [2.05, 4.69) is 16.6 Å². The monoisotopic (exact) mass is 211 g/mol. The number of carbonyl (C=O) groups is 1. The van der Waals surface area contributed by atoms with Crippen molar-refractivity contribution in [2.45, 2.75) is 19.9 Å². The van der Waals surface area contributed by atoms with Gasteiger partial charge < -0.3 is 9.15 Å². The van der Waals surface area contributed by atoms with Crippen LogP contribution in [0.15, 0.2) is 23.0 Å². The average molecular weight is 211 g/mol. The van der Waals surface area contributed by atoms with Crippen molar-refractivity contribution in [1.82, 2.24) is 4.90 Å². The molecule has 4 heteroatoms. The second kappa shape index (κ2) is 6.24. The van der Waals surface area contributed by atoms with E-state index in [9.17, 15) is 4.79 Å². The van der Waals surface area contributed by atoms with Crippen LogP contribution in [0.25, 0.3) is 0 Å². The number of hydrogen-bond donors (Lipinski definition) is 0. The first-order valence-corrected chi connectivity index (χ1v) is 5.06. The first-order valence-electron chi connectivity index (χ1n) is 5.06. The van der Waals surface area contributed by atoms with Gasteiger partial charge in [0.1, 0.15) is 0 Å². The van der Waals surface area contributed by atoms with E-state index >= 15 is 0 Å². The highest BCUT2D eigenvalue weighted by Crippen LogP contribution is 2.05. The van der Waals surface area contributed by atoms with E-state index in [1.165, 1.54) is 7.11 Å². The number of rotatable bonds is 6. The van der Waals surface area contributed by atoms with Crippen molar-refractivity contribution < 1.29 is 13.9 Å². The van der Waals surface area contributed by atoms with Gasteiger partial charge in [0.2, 0.25) is 0 Å². The maximum absolute atomic E-state index is 11.0. The van der Waals surface area contributed by atoms with Crippen LogP contribution < -0.4 is 0 Å². The molecule has 0 amide bonds. The van der Waals surface area contributed by atoms with Gasteiger partial charge in [-0.05, 0) is 12.6 Å². The van der Waals surface area contributed by atoms with Gasteiger partial charge in [-0.15, -0.1) is 0 Å². The molecule has 0 saturated carbocycles. The number of esters is 1. The van der Waals surface area contributed by atoms with Crippen LogP contribution in [0.1, 0.15) is 18.9 Å². The molecule has 1 aromatic rings. The average Bonchev–Trinajstić information content (AvgIpc) is 2.76. The van der Waals surface area contributed by atoms with Crippen LogP contribution >= 0.6 is 0 Å². The summed E-state index contributed by atoms with van der Waals surface area (Å²) in [4.78, 5) is 13.1. The fraction of sp³-hybridized carbons (Fsp3) is 0.545. The van der Waals surface area contributed by atoms with Crippen molar-refractivity contribution in [3.63, 3.8) is 0 Å². The standard InChI is InChI=1S/C11H17NO3/c1-3-12(6-4-11(13)14-2)8-10-5-7-15-9-10/h5,7,9H,3-4,6,8H2,1-2H3. The normalized spacial score (nSPS) is 10.6. The maximum atomic E-state index is 11.0. The van der Waals surface area contributed by atoms with Gasteiger partial charge in [0.15, 0.2) is 0 Å². The molecule has 0 fully saturated rings. The summed E-state index contributed by atoms with van der Waals surface area (Å²) in [5.41, 5.74) is 1.13. The number of ether oxygens (including phenoxy) is 1. The van der Waals surface area contributed by atoms with Gasteiger partial charge in [0.25, 0.3) is 0 Å². The minimum atomic E-state index is -0.166. The number of methoxy groups -OCH3 is 1. The Morgan fingerprint density at radius 2 is 2.40 bits per heavy atom. The van der Waals surface area contributed by atoms with Gasteiger partial charge >= 0.3 is 5.97 Å². The fourth-order valence-electron chi connectivity index (χ4n) is 1.34. The predicted octanol–water partition coefficient (Wildman–Crippen LogP) is 1.66. The topological polar surface area (TPSA) is 42.7 Å². The molecule has 1 heterocycles. The fourth-order valence-corrected chi connectivity index (χ4v) is 1.34. The molecule has 0 aliphatic carbocycles. The van der Waals surface area contributed by atoms with E-state index in [0.717, 1.165) is 18.7 Å². The van der Waals surface area contributed by atoms with Crippen molar-refractivity contribution in [3.8, 4) is 0 Å². The zero-order valence-electron chi connectivity index (χ0n) is 9.23. The molecule has 0 aliphatic rings. The van der Waals surface area contributed by atoms with Gasteiger partial charge in [-0.2, -0.15) is 0 Å². The molecule has 0 aromatic carbocycles. The number of carbonyl (C=O) groups excluding carboxylic acids is 1. The van der Waals surface area contributed by atoms with E-state index in [1.807, 2.05) is 6.07 Å². The largest absolute Gasteiger partial charge is 0.472 e. The van der Waals surface area contributed by atoms with Gasteiger partial charge in [0.05, 0.1) is 26.1 Å². The zero-order chi connectivity index (χ0) is 11.1. The summed E-state index contributed by atoms with van der Waals surface area (Å²) >= 11 is 0. The van der Waals surface area contributed by atoms with Crippen molar-refractivity contribution in [1.29, 1.82) is 0 Å². The second-order valence-corrected chi connectivity index (χ2v) is 3.33. The van der Waals surface area contributed by atoms with Crippen LogP contribution in [0.3, 0.4) is 0 Å². The third-order valence-electron chi connectivity index (χ3n) is 2.29. The van der Waals surface area contributed by atoms with Crippen LogP contribution in [0.4, 0.5) is 0 Å². The number of furan rings is 1. The van der Waals surface area contributed by atoms with E-state index in [4.69, 9.17) is 4.42 Å². The van der Waals surface area contributed by atoms with Crippen molar-refractivity contribution in [2.24, 2.45) is 0 Å². The molecule has 84 valence electrons. The molecular formula is C11H17NO3. The van der Waals surface area contributed by atoms with Crippen LogP contribution in [0.5, 0.6) is 0 Å². The summed E-state index contributed by atoms with van der Waals surface area (Å²) in [7, 11) is 1.41. The predicted molar refractivity (Wildman–Crippen MR) is 56.3 cm³/mol. The Hall–Kier alpha value is -1.29. The lowest BCUT2D eigenvalue weighted by molar-refractivity contribution is -0.141. The van der Waals surface area contributed by atoms with Crippen LogP contribution in [-0.2, 0) is 16.1 Å². The summed E-state index contributed by atoms with van der Waals surface area (Å²) in [6.07, 6.45) is 3.81. The van der Waals surface area contributed by atoms with Crippen molar-refractivity contribution in [2.75, 3.05) is 20.2 Å². The molecule has 0 radical (unpaired) electrons. The zero-order valence-corrected chi connectivity index (χ0v) is 9.23. The van der Waals surface area contributed by atoms with Crippen molar-refractivity contribution in [3.05, 3.63) is 24.2 Å². The summed E-state index contributed by atoms with van der Waals surface area (Å²) in [5, 5.41) is 0. The Bertz CT molecular complexity index is 282. The Morgan fingerprint density at radius 3 is 2.93 bits per heavy atom. The van der Waals surface area contributed by atoms with Crippen LogP contribution in [0.2, 0.25) is 0 Å². The SMILES string of the molecule is CCN(CCC(=O)OC)Cc1ccoc1. The molecule has 1 aromatic heterocycles. The van der Waals surface area contributed by atoms with E-state index in [0.29, 0.717) is 13.0 Å².